The Morgan fingerprint density at radius 3 is 1.39 bits per heavy atom. The summed E-state index contributed by atoms with van der Waals surface area (Å²) in [5.41, 5.74) is -0.265. The molecule has 0 aromatic heterocycles. The van der Waals surface area contributed by atoms with Gasteiger partial charge < -0.3 is 19.6 Å². The van der Waals surface area contributed by atoms with Crippen molar-refractivity contribution >= 4 is 23.4 Å². The molecule has 0 unspecified atom stereocenters. The molecule has 0 spiro atoms. The van der Waals surface area contributed by atoms with Crippen molar-refractivity contribution in [2.45, 2.75) is 104 Å². The zero-order valence-electron chi connectivity index (χ0n) is 19.8. The van der Waals surface area contributed by atoms with Gasteiger partial charge in [0.1, 0.15) is 0 Å². The molecule has 0 aromatic carbocycles. The first-order valence-corrected chi connectivity index (χ1v) is 11.1. The maximum atomic E-state index is 13.0. The molecule has 2 aliphatic rings. The van der Waals surface area contributed by atoms with Crippen LogP contribution >= 0.6 is 12.2 Å². The fourth-order valence-electron chi connectivity index (χ4n) is 4.32. The largest absolute Gasteiger partial charge is 0.343 e. The van der Waals surface area contributed by atoms with Crippen molar-refractivity contribution in [2.24, 2.45) is 0 Å². The van der Waals surface area contributed by atoms with Crippen LogP contribution in [-0.4, -0.2) is 79.1 Å². The van der Waals surface area contributed by atoms with Gasteiger partial charge in [-0.1, -0.05) is 0 Å². The van der Waals surface area contributed by atoms with Gasteiger partial charge in [0.2, 0.25) is 0 Å². The Morgan fingerprint density at radius 1 is 0.643 bits per heavy atom. The van der Waals surface area contributed by atoms with Crippen molar-refractivity contribution < 1.29 is 4.79 Å². The highest BCUT2D eigenvalue weighted by Gasteiger charge is 2.44. The molecule has 0 aliphatic carbocycles. The lowest BCUT2D eigenvalue weighted by Gasteiger charge is -2.43. The second-order valence-electron chi connectivity index (χ2n) is 11.6. The van der Waals surface area contributed by atoms with E-state index >= 15 is 0 Å². The van der Waals surface area contributed by atoms with Crippen LogP contribution in [0.2, 0.25) is 0 Å². The van der Waals surface area contributed by atoms with Crippen molar-refractivity contribution in [1.29, 1.82) is 0 Å². The van der Waals surface area contributed by atoms with Crippen LogP contribution in [0.1, 0.15) is 82.1 Å². The van der Waals surface area contributed by atoms with Crippen LogP contribution < -0.4 is 0 Å². The fraction of sp³-hybridized carbons (Fsp3) is 0.909. The van der Waals surface area contributed by atoms with Crippen LogP contribution in [0.3, 0.4) is 0 Å². The lowest BCUT2D eigenvalue weighted by molar-refractivity contribution is 0.110. The van der Waals surface area contributed by atoms with E-state index in [1.165, 1.54) is 0 Å². The molecule has 2 aliphatic heterocycles. The van der Waals surface area contributed by atoms with Crippen molar-refractivity contribution in [3.63, 3.8) is 0 Å². The van der Waals surface area contributed by atoms with E-state index in [9.17, 15) is 4.79 Å². The van der Waals surface area contributed by atoms with Gasteiger partial charge in [-0.25, -0.2) is 4.79 Å². The molecule has 162 valence electrons. The molecule has 0 bridgehead atoms. The van der Waals surface area contributed by atoms with Crippen LogP contribution in [0, 0.1) is 0 Å². The normalized spacial score (nSPS) is 20.1. The monoisotopic (exact) mass is 410 g/mol. The molecule has 6 heteroatoms. The Labute approximate surface area is 178 Å². The van der Waals surface area contributed by atoms with Crippen molar-refractivity contribution in [3.05, 3.63) is 0 Å². The summed E-state index contributed by atoms with van der Waals surface area (Å²) in [5.74, 6) is 0. The Morgan fingerprint density at radius 2 is 1.00 bits per heavy atom. The predicted octanol–water partition coefficient (Wildman–Crippen LogP) is 4.56. The Kier molecular flexibility index (Phi) is 6.09. The molecule has 2 rings (SSSR count). The number of amides is 2. The minimum absolute atomic E-state index is 0.0269. The molecule has 2 fully saturated rings. The molecule has 5 nitrogen and oxygen atoms in total. The lowest BCUT2D eigenvalue weighted by Crippen LogP contribution is -2.53. The second-order valence-corrected chi connectivity index (χ2v) is 12.0. The fourth-order valence-corrected chi connectivity index (χ4v) is 5.03. The average Bonchev–Trinajstić information content (AvgIpc) is 3.08. The predicted molar refractivity (Wildman–Crippen MR) is 122 cm³/mol. The third kappa shape index (κ3) is 4.58. The van der Waals surface area contributed by atoms with E-state index in [-0.39, 0.29) is 28.2 Å². The topological polar surface area (TPSA) is 30.0 Å². The summed E-state index contributed by atoms with van der Waals surface area (Å²) < 4.78 is 0. The molecule has 2 saturated heterocycles. The van der Waals surface area contributed by atoms with Gasteiger partial charge in [0, 0.05) is 48.3 Å². The van der Waals surface area contributed by atoms with Gasteiger partial charge in [0.25, 0.3) is 0 Å². The first kappa shape index (κ1) is 23.2. The van der Waals surface area contributed by atoms with E-state index < -0.39 is 0 Å². The molecular weight excluding hydrogens is 368 g/mol. The van der Waals surface area contributed by atoms with E-state index in [0.717, 1.165) is 44.1 Å². The van der Waals surface area contributed by atoms with Gasteiger partial charge >= 0.3 is 6.03 Å². The summed E-state index contributed by atoms with van der Waals surface area (Å²) in [4.78, 5) is 21.8. The van der Waals surface area contributed by atoms with Crippen molar-refractivity contribution in [3.8, 4) is 0 Å². The molecule has 0 radical (unpaired) electrons. The van der Waals surface area contributed by atoms with E-state index in [4.69, 9.17) is 12.2 Å². The third-order valence-corrected chi connectivity index (χ3v) is 6.89. The number of hydrogen-bond acceptors (Lipinski definition) is 2. The number of nitrogens with zero attached hydrogens (tertiary/aromatic N) is 4. The van der Waals surface area contributed by atoms with Crippen molar-refractivity contribution in [2.75, 3.05) is 26.2 Å². The first-order chi connectivity index (χ1) is 12.5. The summed E-state index contributed by atoms with van der Waals surface area (Å²) in [6.45, 7) is 25.6. The molecule has 0 N–H and O–H groups in total. The maximum absolute atomic E-state index is 13.0. The van der Waals surface area contributed by atoms with E-state index in [1.807, 2.05) is 4.90 Å². The standard InChI is InChI=1S/C22H42N4OS/c1-19(2,3)23-13-14-24(17(23)27)21(7,8)11-12-22(9,10)26-16-15-25(18(26)28)20(4,5)6/h11-16H2,1-10H3. The molecule has 2 amide bonds. The second kappa shape index (κ2) is 7.33. The summed E-state index contributed by atoms with van der Waals surface area (Å²) >= 11 is 5.83. The van der Waals surface area contributed by atoms with Crippen molar-refractivity contribution in [1.82, 2.24) is 19.6 Å². The van der Waals surface area contributed by atoms with Crippen LogP contribution in [0.4, 0.5) is 4.79 Å². The molecule has 2 heterocycles. The van der Waals surface area contributed by atoms with Gasteiger partial charge in [-0.15, -0.1) is 0 Å². The first-order valence-electron chi connectivity index (χ1n) is 10.7. The molecule has 0 atom stereocenters. The molecule has 28 heavy (non-hydrogen) atoms. The van der Waals surface area contributed by atoms with Gasteiger partial charge in [-0.2, -0.15) is 0 Å². The SMILES string of the molecule is CC(C)(C)N1CCN(C(C)(C)CCC(C)(C)N2CCN(C(C)(C)C)C2=S)C1=O. The zero-order chi connectivity index (χ0) is 21.7. The summed E-state index contributed by atoms with van der Waals surface area (Å²) in [5, 5.41) is 0.964. The average molecular weight is 411 g/mol. The minimum atomic E-state index is -0.167. The number of carbonyl (C=O) groups is 1. The highest BCUT2D eigenvalue weighted by molar-refractivity contribution is 7.80. The van der Waals surface area contributed by atoms with E-state index in [1.54, 1.807) is 0 Å². The molecular formula is C22H42N4OS. The Bertz CT molecular complexity index is 561. The minimum Gasteiger partial charge on any atom is -0.343 e. The third-order valence-electron chi connectivity index (χ3n) is 6.45. The number of urea groups is 1. The van der Waals surface area contributed by atoms with E-state index in [0.29, 0.717) is 0 Å². The van der Waals surface area contributed by atoms with Gasteiger partial charge in [-0.05, 0) is 94.3 Å². The van der Waals surface area contributed by atoms with Crippen LogP contribution in [-0.2, 0) is 0 Å². The number of rotatable bonds is 5. The van der Waals surface area contributed by atoms with Crippen LogP contribution in [0.15, 0.2) is 0 Å². The highest BCUT2D eigenvalue weighted by atomic mass is 32.1. The molecule has 0 saturated carbocycles. The quantitative estimate of drug-likeness (QED) is 0.622. The van der Waals surface area contributed by atoms with Gasteiger partial charge in [-0.3, -0.25) is 0 Å². The Hall–Kier alpha value is -1.04. The summed E-state index contributed by atoms with van der Waals surface area (Å²) in [6, 6.07) is 0.172. The van der Waals surface area contributed by atoms with E-state index in [2.05, 4.69) is 83.9 Å². The summed E-state index contributed by atoms with van der Waals surface area (Å²) in [7, 11) is 0. The Balaban J connectivity index is 2.04. The van der Waals surface area contributed by atoms with Gasteiger partial charge in [0.05, 0.1) is 0 Å². The number of hydrogen-bond donors (Lipinski definition) is 0. The number of carbonyl (C=O) groups excluding carboxylic acids is 1. The smallest absolute Gasteiger partial charge is 0.321 e. The molecule has 0 aromatic rings. The highest BCUT2D eigenvalue weighted by Crippen LogP contribution is 2.34. The van der Waals surface area contributed by atoms with Gasteiger partial charge in [0.15, 0.2) is 5.11 Å². The van der Waals surface area contributed by atoms with Crippen LogP contribution in [0.5, 0.6) is 0 Å². The lowest BCUT2D eigenvalue weighted by atomic mass is 9.87. The zero-order valence-corrected chi connectivity index (χ0v) is 20.7. The summed E-state index contributed by atoms with van der Waals surface area (Å²) in [6.07, 6.45) is 1.95. The number of thiocarbonyl (C=S) groups is 1. The van der Waals surface area contributed by atoms with Crippen LogP contribution in [0.25, 0.3) is 0 Å². The maximum Gasteiger partial charge on any atom is 0.321 e.